The van der Waals surface area contributed by atoms with Gasteiger partial charge in [-0.25, -0.2) is 4.79 Å². The van der Waals surface area contributed by atoms with Gasteiger partial charge in [0.2, 0.25) is 0 Å². The molecular weight excluding hydrogens is 218 g/mol. The molecule has 17 heavy (non-hydrogen) atoms. The Kier molecular flexibility index (Phi) is 4.78. The van der Waals surface area contributed by atoms with E-state index in [1.54, 1.807) is 6.07 Å². The van der Waals surface area contributed by atoms with Gasteiger partial charge in [-0.2, -0.15) is 0 Å². The van der Waals surface area contributed by atoms with Gasteiger partial charge in [-0.3, -0.25) is 0 Å². The van der Waals surface area contributed by atoms with Crippen molar-refractivity contribution in [2.24, 2.45) is 0 Å². The first-order valence-corrected chi connectivity index (χ1v) is 5.68. The molecule has 0 bridgehead atoms. The van der Waals surface area contributed by atoms with Crippen molar-refractivity contribution in [1.82, 2.24) is 5.32 Å². The number of hydrogen-bond donors (Lipinski definition) is 4. The van der Waals surface area contributed by atoms with Crippen LogP contribution in [0.25, 0.3) is 0 Å². The third kappa shape index (κ3) is 3.35. The van der Waals surface area contributed by atoms with Crippen molar-refractivity contribution in [3.8, 4) is 0 Å². The number of hydrogen-bond acceptors (Lipinski definition) is 4. The van der Waals surface area contributed by atoms with Crippen molar-refractivity contribution in [3.63, 3.8) is 0 Å². The summed E-state index contributed by atoms with van der Waals surface area (Å²) in [6.07, 6.45) is 1.82. The lowest BCUT2D eigenvalue weighted by atomic mass is 10.0. The first kappa shape index (κ1) is 13.3. The number of carboxylic acids is 1. The van der Waals surface area contributed by atoms with Crippen molar-refractivity contribution in [3.05, 3.63) is 23.3 Å². The summed E-state index contributed by atoms with van der Waals surface area (Å²) in [7, 11) is 0. The molecule has 5 nitrogen and oxygen atoms in total. The SMILES string of the molecule is CCCNCCc1ccc(C(=O)O)c(N)c1N. The number of aromatic carboxylic acids is 1. The summed E-state index contributed by atoms with van der Waals surface area (Å²) in [5.41, 5.74) is 13.0. The molecule has 94 valence electrons. The number of anilines is 2. The molecule has 0 fully saturated rings. The predicted octanol–water partition coefficient (Wildman–Crippen LogP) is 1.09. The third-order valence-corrected chi connectivity index (χ3v) is 2.61. The van der Waals surface area contributed by atoms with Gasteiger partial charge in [-0.1, -0.05) is 13.0 Å². The van der Waals surface area contributed by atoms with E-state index >= 15 is 0 Å². The summed E-state index contributed by atoms with van der Waals surface area (Å²) in [5.74, 6) is -1.05. The summed E-state index contributed by atoms with van der Waals surface area (Å²) in [6.45, 7) is 3.87. The molecule has 6 N–H and O–H groups in total. The summed E-state index contributed by atoms with van der Waals surface area (Å²) in [4.78, 5) is 10.8. The van der Waals surface area contributed by atoms with Crippen LogP contribution in [0.4, 0.5) is 11.4 Å². The molecule has 0 saturated carbocycles. The van der Waals surface area contributed by atoms with Crippen molar-refractivity contribution >= 4 is 17.3 Å². The number of nitrogens with two attached hydrogens (primary N) is 2. The minimum absolute atomic E-state index is 0.0627. The fourth-order valence-electron chi connectivity index (χ4n) is 1.61. The normalized spacial score (nSPS) is 10.4. The van der Waals surface area contributed by atoms with E-state index in [-0.39, 0.29) is 11.3 Å². The second-order valence-corrected chi connectivity index (χ2v) is 3.90. The van der Waals surface area contributed by atoms with E-state index in [1.807, 2.05) is 0 Å². The molecule has 5 heteroatoms. The highest BCUT2D eigenvalue weighted by Crippen LogP contribution is 2.24. The number of benzene rings is 1. The zero-order valence-electron chi connectivity index (χ0n) is 9.99. The van der Waals surface area contributed by atoms with Gasteiger partial charge < -0.3 is 21.9 Å². The molecular formula is C12H19N3O2. The lowest BCUT2D eigenvalue weighted by Gasteiger charge is -2.11. The van der Waals surface area contributed by atoms with Gasteiger partial charge in [0.25, 0.3) is 0 Å². The van der Waals surface area contributed by atoms with E-state index in [9.17, 15) is 4.79 Å². The van der Waals surface area contributed by atoms with Gasteiger partial charge in [0.1, 0.15) is 0 Å². The fourth-order valence-corrected chi connectivity index (χ4v) is 1.61. The molecule has 0 aromatic heterocycles. The number of carboxylic acid groups (broad SMARTS) is 1. The average molecular weight is 237 g/mol. The molecule has 0 aliphatic heterocycles. The largest absolute Gasteiger partial charge is 0.478 e. The van der Waals surface area contributed by atoms with E-state index < -0.39 is 5.97 Å². The van der Waals surface area contributed by atoms with Gasteiger partial charge in [0.15, 0.2) is 0 Å². The van der Waals surface area contributed by atoms with Crippen molar-refractivity contribution in [2.45, 2.75) is 19.8 Å². The molecule has 0 aliphatic carbocycles. The quantitative estimate of drug-likeness (QED) is 0.438. The number of nitrogen functional groups attached to an aromatic ring is 2. The molecule has 0 radical (unpaired) electrons. The van der Waals surface area contributed by atoms with Crippen LogP contribution in [0.1, 0.15) is 29.3 Å². The Hall–Kier alpha value is -1.75. The van der Waals surface area contributed by atoms with Crippen LogP contribution < -0.4 is 16.8 Å². The molecule has 0 saturated heterocycles. The highest BCUT2D eigenvalue weighted by Gasteiger charge is 2.12. The molecule has 1 aromatic carbocycles. The highest BCUT2D eigenvalue weighted by atomic mass is 16.4. The van der Waals surface area contributed by atoms with Crippen LogP contribution in [0, 0.1) is 0 Å². The van der Waals surface area contributed by atoms with Crippen molar-refractivity contribution in [1.29, 1.82) is 0 Å². The standard InChI is InChI=1S/C12H19N3O2/c1-2-6-15-7-5-8-3-4-9(12(16)17)11(14)10(8)13/h3-4,15H,2,5-7,13-14H2,1H3,(H,16,17). The van der Waals surface area contributed by atoms with Crippen LogP contribution in [0.2, 0.25) is 0 Å². The molecule has 0 spiro atoms. The first-order valence-electron chi connectivity index (χ1n) is 5.68. The van der Waals surface area contributed by atoms with Gasteiger partial charge >= 0.3 is 5.97 Å². The van der Waals surface area contributed by atoms with E-state index in [0.29, 0.717) is 5.69 Å². The monoisotopic (exact) mass is 237 g/mol. The Bertz CT molecular complexity index is 405. The second-order valence-electron chi connectivity index (χ2n) is 3.90. The Morgan fingerprint density at radius 1 is 1.29 bits per heavy atom. The summed E-state index contributed by atoms with van der Waals surface area (Å²) < 4.78 is 0. The zero-order valence-corrected chi connectivity index (χ0v) is 9.99. The number of nitrogens with one attached hydrogen (secondary N) is 1. The molecule has 0 amide bonds. The Morgan fingerprint density at radius 2 is 2.00 bits per heavy atom. The van der Waals surface area contributed by atoms with Gasteiger partial charge in [-0.05, 0) is 37.6 Å². The lowest BCUT2D eigenvalue weighted by Crippen LogP contribution is -2.18. The van der Waals surface area contributed by atoms with E-state index in [0.717, 1.165) is 31.5 Å². The van der Waals surface area contributed by atoms with Crippen LogP contribution in [-0.2, 0) is 6.42 Å². The molecule has 1 aromatic rings. The molecule has 0 unspecified atom stereocenters. The molecule has 0 heterocycles. The minimum Gasteiger partial charge on any atom is -0.478 e. The lowest BCUT2D eigenvalue weighted by molar-refractivity contribution is 0.0698. The topological polar surface area (TPSA) is 101 Å². The molecule has 1 rings (SSSR count). The molecule has 0 atom stereocenters. The smallest absolute Gasteiger partial charge is 0.337 e. The maximum Gasteiger partial charge on any atom is 0.337 e. The van der Waals surface area contributed by atoms with E-state index in [1.165, 1.54) is 6.07 Å². The van der Waals surface area contributed by atoms with Crippen LogP contribution in [0.3, 0.4) is 0 Å². The third-order valence-electron chi connectivity index (χ3n) is 2.61. The number of carbonyl (C=O) groups is 1. The second kappa shape index (κ2) is 6.10. The zero-order chi connectivity index (χ0) is 12.8. The predicted molar refractivity (Wildman–Crippen MR) is 69.1 cm³/mol. The highest BCUT2D eigenvalue weighted by molar-refractivity contribution is 5.97. The number of rotatable bonds is 6. The Balaban J connectivity index is 2.75. The van der Waals surface area contributed by atoms with Crippen LogP contribution in [0.5, 0.6) is 0 Å². The Morgan fingerprint density at radius 3 is 2.59 bits per heavy atom. The maximum atomic E-state index is 10.8. The van der Waals surface area contributed by atoms with E-state index in [4.69, 9.17) is 16.6 Å². The van der Waals surface area contributed by atoms with Gasteiger partial charge in [0.05, 0.1) is 16.9 Å². The van der Waals surface area contributed by atoms with Gasteiger partial charge in [-0.15, -0.1) is 0 Å². The van der Waals surface area contributed by atoms with E-state index in [2.05, 4.69) is 12.2 Å². The first-order chi connectivity index (χ1) is 8.07. The fraction of sp³-hybridized carbons (Fsp3) is 0.417. The summed E-state index contributed by atoms with van der Waals surface area (Å²) in [5, 5.41) is 12.1. The molecule has 0 aliphatic rings. The van der Waals surface area contributed by atoms with Gasteiger partial charge in [0, 0.05) is 0 Å². The van der Waals surface area contributed by atoms with Crippen LogP contribution >= 0.6 is 0 Å². The minimum atomic E-state index is -1.05. The van der Waals surface area contributed by atoms with Crippen LogP contribution in [-0.4, -0.2) is 24.2 Å². The van der Waals surface area contributed by atoms with Crippen molar-refractivity contribution < 1.29 is 9.90 Å². The van der Waals surface area contributed by atoms with Crippen molar-refractivity contribution in [2.75, 3.05) is 24.6 Å². The summed E-state index contributed by atoms with van der Waals surface area (Å²) in [6, 6.07) is 3.23. The summed E-state index contributed by atoms with van der Waals surface area (Å²) >= 11 is 0. The Labute approximate surface area is 101 Å². The maximum absolute atomic E-state index is 10.8. The average Bonchev–Trinajstić information content (AvgIpc) is 2.29. The van der Waals surface area contributed by atoms with Crippen LogP contribution in [0.15, 0.2) is 12.1 Å².